The van der Waals surface area contributed by atoms with Gasteiger partial charge in [0, 0.05) is 6.04 Å². The molecule has 2 aromatic carbocycles. The van der Waals surface area contributed by atoms with Crippen molar-refractivity contribution in [1.82, 2.24) is 5.32 Å². The second kappa shape index (κ2) is 6.78. The predicted molar refractivity (Wildman–Crippen MR) is 84.8 cm³/mol. The minimum atomic E-state index is 0.282. The van der Waals surface area contributed by atoms with Crippen LogP contribution < -0.4 is 10.1 Å². The van der Waals surface area contributed by atoms with Gasteiger partial charge in [-0.05, 0) is 49.7 Å². The largest absolute Gasteiger partial charge is 0.456 e. The monoisotopic (exact) mass is 289 g/mol. The molecular weight excluding hydrogens is 270 g/mol. The van der Waals surface area contributed by atoms with Gasteiger partial charge < -0.3 is 10.1 Å². The highest BCUT2D eigenvalue weighted by Crippen LogP contribution is 2.32. The van der Waals surface area contributed by atoms with Crippen LogP contribution >= 0.6 is 11.6 Å². The SMILES string of the molecule is CCNC(C)c1ccc(Oc2ccccc2C)c(Cl)c1. The number of hydrogen-bond donors (Lipinski definition) is 1. The van der Waals surface area contributed by atoms with Crippen molar-refractivity contribution < 1.29 is 4.74 Å². The van der Waals surface area contributed by atoms with Crippen LogP contribution in [0.3, 0.4) is 0 Å². The molecule has 0 amide bonds. The number of rotatable bonds is 5. The first-order valence-electron chi connectivity index (χ1n) is 6.88. The number of para-hydroxylation sites is 1. The van der Waals surface area contributed by atoms with Crippen LogP contribution in [-0.4, -0.2) is 6.54 Å². The van der Waals surface area contributed by atoms with E-state index >= 15 is 0 Å². The molecule has 2 nitrogen and oxygen atoms in total. The van der Waals surface area contributed by atoms with Crippen LogP contribution in [-0.2, 0) is 0 Å². The lowest BCUT2D eigenvalue weighted by Crippen LogP contribution is -2.17. The normalized spacial score (nSPS) is 12.2. The molecule has 0 radical (unpaired) electrons. The Morgan fingerprint density at radius 2 is 1.90 bits per heavy atom. The molecule has 0 aliphatic rings. The van der Waals surface area contributed by atoms with Crippen LogP contribution in [0, 0.1) is 6.92 Å². The first-order chi connectivity index (χ1) is 9.61. The van der Waals surface area contributed by atoms with Gasteiger partial charge in [0.2, 0.25) is 0 Å². The third-order valence-corrected chi connectivity index (χ3v) is 3.58. The molecule has 0 aliphatic heterocycles. The predicted octanol–water partition coefficient (Wildman–Crippen LogP) is 5.11. The zero-order valence-corrected chi connectivity index (χ0v) is 12.9. The molecule has 0 saturated heterocycles. The lowest BCUT2D eigenvalue weighted by Gasteiger charge is -2.15. The summed E-state index contributed by atoms with van der Waals surface area (Å²) in [6.45, 7) is 7.16. The summed E-state index contributed by atoms with van der Waals surface area (Å²) in [5.74, 6) is 1.52. The standard InChI is InChI=1S/C17H20ClNO/c1-4-19-13(3)14-9-10-17(15(18)11-14)20-16-8-6-5-7-12(16)2/h5-11,13,19H,4H2,1-3H3. The summed E-state index contributed by atoms with van der Waals surface area (Å²) >= 11 is 6.32. The molecule has 0 aliphatic carbocycles. The van der Waals surface area contributed by atoms with Gasteiger partial charge in [-0.15, -0.1) is 0 Å². The minimum Gasteiger partial charge on any atom is -0.456 e. The summed E-state index contributed by atoms with van der Waals surface area (Å²) in [4.78, 5) is 0. The van der Waals surface area contributed by atoms with Crippen molar-refractivity contribution in [3.05, 3.63) is 58.6 Å². The van der Waals surface area contributed by atoms with E-state index in [9.17, 15) is 0 Å². The van der Waals surface area contributed by atoms with E-state index in [4.69, 9.17) is 16.3 Å². The van der Waals surface area contributed by atoms with Crippen molar-refractivity contribution in [2.75, 3.05) is 6.54 Å². The van der Waals surface area contributed by atoms with E-state index < -0.39 is 0 Å². The molecule has 1 unspecified atom stereocenters. The molecule has 1 atom stereocenters. The van der Waals surface area contributed by atoms with Crippen molar-refractivity contribution in [2.24, 2.45) is 0 Å². The van der Waals surface area contributed by atoms with Crippen LogP contribution in [0.4, 0.5) is 0 Å². The van der Waals surface area contributed by atoms with Gasteiger partial charge in [0.05, 0.1) is 5.02 Å². The Labute approximate surface area is 125 Å². The molecular formula is C17H20ClNO. The molecule has 0 spiro atoms. The third kappa shape index (κ3) is 3.53. The van der Waals surface area contributed by atoms with E-state index in [1.54, 1.807) is 0 Å². The van der Waals surface area contributed by atoms with Crippen LogP contribution in [0.2, 0.25) is 5.02 Å². The molecule has 2 rings (SSSR count). The first-order valence-corrected chi connectivity index (χ1v) is 7.26. The van der Waals surface area contributed by atoms with E-state index in [2.05, 4.69) is 19.2 Å². The number of nitrogens with one attached hydrogen (secondary N) is 1. The Hall–Kier alpha value is -1.51. The van der Waals surface area contributed by atoms with E-state index in [0.717, 1.165) is 23.4 Å². The lowest BCUT2D eigenvalue weighted by molar-refractivity contribution is 0.478. The minimum absolute atomic E-state index is 0.282. The maximum Gasteiger partial charge on any atom is 0.146 e. The molecule has 20 heavy (non-hydrogen) atoms. The van der Waals surface area contributed by atoms with E-state index in [1.807, 2.05) is 49.4 Å². The van der Waals surface area contributed by atoms with Crippen molar-refractivity contribution in [2.45, 2.75) is 26.8 Å². The fraction of sp³-hybridized carbons (Fsp3) is 0.294. The summed E-state index contributed by atoms with van der Waals surface area (Å²) in [7, 11) is 0. The van der Waals surface area contributed by atoms with Crippen molar-refractivity contribution in [1.29, 1.82) is 0 Å². The summed E-state index contributed by atoms with van der Waals surface area (Å²) in [5.41, 5.74) is 2.25. The molecule has 2 aromatic rings. The Kier molecular flexibility index (Phi) is 5.05. The zero-order valence-electron chi connectivity index (χ0n) is 12.1. The molecule has 0 fully saturated rings. The lowest BCUT2D eigenvalue weighted by atomic mass is 10.1. The average Bonchev–Trinajstić information content (AvgIpc) is 2.43. The second-order valence-electron chi connectivity index (χ2n) is 4.84. The summed E-state index contributed by atoms with van der Waals surface area (Å²) in [5, 5.41) is 4.00. The fourth-order valence-corrected chi connectivity index (χ4v) is 2.31. The van der Waals surface area contributed by atoms with Gasteiger partial charge in [-0.1, -0.05) is 42.8 Å². The van der Waals surface area contributed by atoms with Gasteiger partial charge in [-0.3, -0.25) is 0 Å². The zero-order chi connectivity index (χ0) is 14.5. The summed E-state index contributed by atoms with van der Waals surface area (Å²) in [6.07, 6.45) is 0. The highest BCUT2D eigenvalue weighted by Gasteiger charge is 2.09. The quantitative estimate of drug-likeness (QED) is 0.826. The smallest absolute Gasteiger partial charge is 0.146 e. The maximum atomic E-state index is 6.32. The summed E-state index contributed by atoms with van der Waals surface area (Å²) in [6, 6.07) is 14.1. The van der Waals surface area contributed by atoms with Crippen LogP contribution in [0.1, 0.15) is 31.0 Å². The van der Waals surface area contributed by atoms with Gasteiger partial charge in [0.15, 0.2) is 0 Å². The molecule has 0 saturated carbocycles. The molecule has 0 heterocycles. The van der Waals surface area contributed by atoms with Gasteiger partial charge in [-0.2, -0.15) is 0 Å². The number of ether oxygens (including phenoxy) is 1. The summed E-state index contributed by atoms with van der Waals surface area (Å²) < 4.78 is 5.88. The number of hydrogen-bond acceptors (Lipinski definition) is 2. The van der Waals surface area contributed by atoms with Crippen LogP contribution in [0.5, 0.6) is 11.5 Å². The van der Waals surface area contributed by atoms with E-state index in [1.165, 1.54) is 0 Å². The highest BCUT2D eigenvalue weighted by atomic mass is 35.5. The van der Waals surface area contributed by atoms with Gasteiger partial charge in [-0.25, -0.2) is 0 Å². The first kappa shape index (κ1) is 14.9. The number of aryl methyl sites for hydroxylation is 1. The van der Waals surface area contributed by atoms with Crippen molar-refractivity contribution in [3.63, 3.8) is 0 Å². The van der Waals surface area contributed by atoms with Crippen molar-refractivity contribution in [3.8, 4) is 11.5 Å². The van der Waals surface area contributed by atoms with Crippen LogP contribution in [0.15, 0.2) is 42.5 Å². The fourth-order valence-electron chi connectivity index (χ4n) is 2.08. The number of benzene rings is 2. The number of halogens is 1. The third-order valence-electron chi connectivity index (χ3n) is 3.28. The molecule has 106 valence electrons. The van der Waals surface area contributed by atoms with Gasteiger partial charge in [0.25, 0.3) is 0 Å². The van der Waals surface area contributed by atoms with Crippen molar-refractivity contribution >= 4 is 11.6 Å². The molecule has 1 N–H and O–H groups in total. The maximum absolute atomic E-state index is 6.32. The molecule has 3 heteroatoms. The molecule has 0 bridgehead atoms. The van der Waals surface area contributed by atoms with E-state index in [0.29, 0.717) is 10.8 Å². The Bertz CT molecular complexity index is 583. The Balaban J connectivity index is 2.20. The average molecular weight is 290 g/mol. The second-order valence-corrected chi connectivity index (χ2v) is 5.24. The Morgan fingerprint density at radius 1 is 1.15 bits per heavy atom. The van der Waals surface area contributed by atoms with E-state index in [-0.39, 0.29) is 6.04 Å². The molecule has 0 aromatic heterocycles. The highest BCUT2D eigenvalue weighted by molar-refractivity contribution is 6.32. The Morgan fingerprint density at radius 3 is 2.55 bits per heavy atom. The van der Waals surface area contributed by atoms with Gasteiger partial charge >= 0.3 is 0 Å². The van der Waals surface area contributed by atoms with Crippen LogP contribution in [0.25, 0.3) is 0 Å². The topological polar surface area (TPSA) is 21.3 Å². The van der Waals surface area contributed by atoms with Gasteiger partial charge in [0.1, 0.15) is 11.5 Å².